The molecule has 0 bridgehead atoms. The number of nitrogens with zero attached hydrogens (tertiary/aromatic N) is 1. The van der Waals surface area contributed by atoms with Crippen molar-refractivity contribution in [1.29, 1.82) is 0 Å². The summed E-state index contributed by atoms with van der Waals surface area (Å²) in [6, 6.07) is 8.82. The fraction of sp³-hybridized carbons (Fsp3) is 0.400. The number of nitrogens with one attached hydrogen (secondary N) is 1. The van der Waals surface area contributed by atoms with Gasteiger partial charge in [0, 0.05) is 24.6 Å². The molecule has 0 spiro atoms. The molecule has 1 heterocycles. The molecule has 0 saturated heterocycles. The van der Waals surface area contributed by atoms with Gasteiger partial charge in [-0.3, -0.25) is 0 Å². The van der Waals surface area contributed by atoms with Gasteiger partial charge < -0.3 is 10.1 Å². The molecule has 1 unspecified atom stereocenters. The predicted molar refractivity (Wildman–Crippen MR) is 79.3 cm³/mol. The average Bonchev–Trinajstić information content (AvgIpc) is 2.83. The summed E-state index contributed by atoms with van der Waals surface area (Å²) < 4.78 is 5.16. The van der Waals surface area contributed by atoms with Crippen LogP contribution in [-0.4, -0.2) is 12.1 Å². The first-order chi connectivity index (χ1) is 9.20. The normalized spacial score (nSPS) is 12.6. The van der Waals surface area contributed by atoms with E-state index < -0.39 is 0 Å². The Morgan fingerprint density at radius 2 is 2.16 bits per heavy atom. The molecule has 102 valence electrons. The van der Waals surface area contributed by atoms with Crippen molar-refractivity contribution in [2.45, 2.75) is 33.0 Å². The smallest absolute Gasteiger partial charge is 0.0798 e. The van der Waals surface area contributed by atoms with Crippen LogP contribution in [0.2, 0.25) is 0 Å². The molecule has 0 aliphatic heterocycles. The topological polar surface area (TPSA) is 34.1 Å². The van der Waals surface area contributed by atoms with Crippen LogP contribution < -0.4 is 5.32 Å². The van der Waals surface area contributed by atoms with Gasteiger partial charge in [0.15, 0.2) is 0 Å². The van der Waals surface area contributed by atoms with E-state index in [2.05, 4.69) is 48.4 Å². The standard InChI is InChI=1S/C15H20N2OS/c1-11(15-12(2)17-10-19-15)16-8-13-5-4-6-14(7-13)9-18-3/h4-7,10-11,16H,8-9H2,1-3H3. The van der Waals surface area contributed by atoms with E-state index in [0.717, 1.165) is 12.2 Å². The fourth-order valence-corrected chi connectivity index (χ4v) is 2.92. The van der Waals surface area contributed by atoms with Gasteiger partial charge in [-0.2, -0.15) is 0 Å². The van der Waals surface area contributed by atoms with Gasteiger partial charge >= 0.3 is 0 Å². The van der Waals surface area contributed by atoms with Gasteiger partial charge in [0.1, 0.15) is 0 Å². The maximum atomic E-state index is 5.16. The van der Waals surface area contributed by atoms with Crippen molar-refractivity contribution in [3.8, 4) is 0 Å². The maximum absolute atomic E-state index is 5.16. The van der Waals surface area contributed by atoms with Crippen molar-refractivity contribution >= 4 is 11.3 Å². The van der Waals surface area contributed by atoms with Crippen molar-refractivity contribution in [1.82, 2.24) is 10.3 Å². The Labute approximate surface area is 118 Å². The Kier molecular flexibility index (Phi) is 5.07. The van der Waals surface area contributed by atoms with Gasteiger partial charge in [-0.25, -0.2) is 4.98 Å². The monoisotopic (exact) mass is 276 g/mol. The average molecular weight is 276 g/mol. The number of methoxy groups -OCH3 is 1. The van der Waals surface area contributed by atoms with E-state index in [9.17, 15) is 0 Å². The summed E-state index contributed by atoms with van der Waals surface area (Å²) in [7, 11) is 1.72. The lowest BCUT2D eigenvalue weighted by Crippen LogP contribution is -2.18. The number of ether oxygens (including phenoxy) is 1. The van der Waals surface area contributed by atoms with E-state index in [4.69, 9.17) is 4.74 Å². The van der Waals surface area contributed by atoms with Crippen molar-refractivity contribution in [3.63, 3.8) is 0 Å². The number of benzene rings is 1. The maximum Gasteiger partial charge on any atom is 0.0798 e. The van der Waals surface area contributed by atoms with E-state index >= 15 is 0 Å². The molecule has 0 fully saturated rings. The SMILES string of the molecule is COCc1cccc(CNC(C)c2scnc2C)c1. The number of hydrogen-bond acceptors (Lipinski definition) is 4. The lowest BCUT2D eigenvalue weighted by molar-refractivity contribution is 0.185. The van der Waals surface area contributed by atoms with Crippen LogP contribution in [0.4, 0.5) is 0 Å². The van der Waals surface area contributed by atoms with E-state index in [1.807, 2.05) is 5.51 Å². The van der Waals surface area contributed by atoms with Crippen LogP contribution in [0.5, 0.6) is 0 Å². The number of thiazole rings is 1. The molecule has 0 amide bonds. The number of aryl methyl sites for hydroxylation is 1. The zero-order chi connectivity index (χ0) is 13.7. The fourth-order valence-electron chi connectivity index (χ4n) is 2.09. The van der Waals surface area contributed by atoms with Crippen LogP contribution in [0.15, 0.2) is 29.8 Å². The number of hydrogen-bond donors (Lipinski definition) is 1. The molecule has 2 rings (SSSR count). The zero-order valence-electron chi connectivity index (χ0n) is 11.6. The molecule has 1 atom stereocenters. The van der Waals surface area contributed by atoms with Crippen molar-refractivity contribution in [2.75, 3.05) is 7.11 Å². The predicted octanol–water partition coefficient (Wildman–Crippen LogP) is 3.45. The Bertz CT molecular complexity index is 524. The lowest BCUT2D eigenvalue weighted by atomic mass is 10.1. The molecule has 19 heavy (non-hydrogen) atoms. The van der Waals surface area contributed by atoms with Crippen LogP contribution in [0.1, 0.15) is 34.7 Å². The Balaban J connectivity index is 1.95. The van der Waals surface area contributed by atoms with Crippen molar-refractivity contribution in [3.05, 3.63) is 51.5 Å². The third kappa shape index (κ3) is 3.86. The van der Waals surface area contributed by atoms with Crippen LogP contribution in [0.25, 0.3) is 0 Å². The molecular formula is C15H20N2OS. The van der Waals surface area contributed by atoms with Crippen molar-refractivity contribution in [2.24, 2.45) is 0 Å². The molecule has 0 saturated carbocycles. The largest absolute Gasteiger partial charge is 0.380 e. The second-order valence-corrected chi connectivity index (χ2v) is 5.54. The summed E-state index contributed by atoms with van der Waals surface area (Å²) >= 11 is 1.71. The molecular weight excluding hydrogens is 256 g/mol. The highest BCUT2D eigenvalue weighted by atomic mass is 32.1. The van der Waals surface area contributed by atoms with Gasteiger partial charge in [0.25, 0.3) is 0 Å². The first kappa shape index (κ1) is 14.2. The second-order valence-electron chi connectivity index (χ2n) is 4.66. The summed E-state index contributed by atoms with van der Waals surface area (Å²) in [6.45, 7) is 5.76. The lowest BCUT2D eigenvalue weighted by Gasteiger charge is -2.13. The summed E-state index contributed by atoms with van der Waals surface area (Å²) in [5, 5.41) is 3.54. The summed E-state index contributed by atoms with van der Waals surface area (Å²) in [5.41, 5.74) is 5.52. The van der Waals surface area contributed by atoms with E-state index in [0.29, 0.717) is 12.6 Å². The summed E-state index contributed by atoms with van der Waals surface area (Å²) in [6.07, 6.45) is 0. The summed E-state index contributed by atoms with van der Waals surface area (Å²) in [5.74, 6) is 0. The molecule has 2 aromatic rings. The second kappa shape index (κ2) is 6.80. The van der Waals surface area contributed by atoms with Gasteiger partial charge in [0.05, 0.1) is 17.8 Å². The zero-order valence-corrected chi connectivity index (χ0v) is 12.5. The molecule has 0 radical (unpaired) electrons. The quantitative estimate of drug-likeness (QED) is 0.877. The summed E-state index contributed by atoms with van der Waals surface area (Å²) in [4.78, 5) is 5.61. The van der Waals surface area contributed by atoms with E-state index in [1.54, 1.807) is 18.4 Å². The molecule has 3 nitrogen and oxygen atoms in total. The van der Waals surface area contributed by atoms with E-state index in [-0.39, 0.29) is 0 Å². The minimum absolute atomic E-state index is 0.332. The van der Waals surface area contributed by atoms with Crippen LogP contribution in [0, 0.1) is 6.92 Å². The van der Waals surface area contributed by atoms with Crippen molar-refractivity contribution < 1.29 is 4.74 Å². The minimum atomic E-state index is 0.332. The first-order valence-electron chi connectivity index (χ1n) is 6.41. The molecule has 4 heteroatoms. The van der Waals surface area contributed by atoms with Gasteiger partial charge in [-0.1, -0.05) is 24.3 Å². The highest BCUT2D eigenvalue weighted by Gasteiger charge is 2.10. The third-order valence-corrected chi connectivity index (χ3v) is 4.20. The number of rotatable bonds is 6. The Morgan fingerprint density at radius 3 is 2.84 bits per heavy atom. The van der Waals surface area contributed by atoms with Gasteiger partial charge in [-0.15, -0.1) is 11.3 Å². The third-order valence-electron chi connectivity index (χ3n) is 3.09. The van der Waals surface area contributed by atoms with Gasteiger partial charge in [0.2, 0.25) is 0 Å². The molecule has 1 aromatic heterocycles. The van der Waals surface area contributed by atoms with Crippen LogP contribution in [0.3, 0.4) is 0 Å². The molecule has 0 aliphatic rings. The Morgan fingerprint density at radius 1 is 1.37 bits per heavy atom. The first-order valence-corrected chi connectivity index (χ1v) is 7.28. The highest BCUT2D eigenvalue weighted by Crippen LogP contribution is 2.21. The number of aromatic nitrogens is 1. The minimum Gasteiger partial charge on any atom is -0.380 e. The highest BCUT2D eigenvalue weighted by molar-refractivity contribution is 7.09. The Hall–Kier alpha value is -1.23. The molecule has 1 aromatic carbocycles. The van der Waals surface area contributed by atoms with Crippen LogP contribution in [-0.2, 0) is 17.9 Å². The van der Waals surface area contributed by atoms with Crippen LogP contribution >= 0.6 is 11.3 Å². The van der Waals surface area contributed by atoms with Gasteiger partial charge in [-0.05, 0) is 25.0 Å². The molecule has 0 aliphatic carbocycles. The van der Waals surface area contributed by atoms with E-state index in [1.165, 1.54) is 16.0 Å². The molecule has 1 N–H and O–H groups in total.